The number of hydrogen-bond donors (Lipinski definition) is 1. The molecule has 1 N–H and O–H groups in total. The van der Waals surface area contributed by atoms with Gasteiger partial charge in [0.15, 0.2) is 5.65 Å². The molecule has 4 aromatic rings. The fraction of sp³-hybridized carbons (Fsp3) is 0.250. The second-order valence-electron chi connectivity index (χ2n) is 7.47. The Labute approximate surface area is 193 Å². The third-order valence-electron chi connectivity index (χ3n) is 5.39. The lowest BCUT2D eigenvalue weighted by atomic mass is 10.1. The first kappa shape index (κ1) is 21.5. The molecule has 32 heavy (non-hydrogen) atoms. The Morgan fingerprint density at radius 1 is 1.12 bits per heavy atom. The summed E-state index contributed by atoms with van der Waals surface area (Å²) in [5.74, 6) is 0.453. The van der Waals surface area contributed by atoms with Crippen LogP contribution in [0.1, 0.15) is 23.5 Å². The number of rotatable bonds is 4. The van der Waals surface area contributed by atoms with Gasteiger partial charge in [-0.1, -0.05) is 46.0 Å². The van der Waals surface area contributed by atoms with Crippen LogP contribution in [0, 0.1) is 5.92 Å². The molecule has 2 atom stereocenters. The lowest BCUT2D eigenvalue weighted by molar-refractivity contribution is -0.137. The number of pyridine rings is 1. The summed E-state index contributed by atoms with van der Waals surface area (Å²) >= 11 is 18.8. The Bertz CT molecular complexity index is 1350. The van der Waals surface area contributed by atoms with Crippen molar-refractivity contribution in [2.45, 2.75) is 18.5 Å². The SMILES string of the molecule is OCC1CC1c1ccc(-c2noc(-c3cn4cc(C(F)(F)F)cc(Cl)c4n3)n2)c(Cl)c1Cl. The molecule has 1 aromatic carbocycles. The van der Waals surface area contributed by atoms with Crippen molar-refractivity contribution in [1.29, 1.82) is 0 Å². The third-order valence-corrected chi connectivity index (χ3v) is 6.56. The van der Waals surface area contributed by atoms with Gasteiger partial charge < -0.3 is 14.0 Å². The molecule has 3 heterocycles. The van der Waals surface area contributed by atoms with Crippen LogP contribution in [0.15, 0.2) is 35.1 Å². The van der Waals surface area contributed by atoms with Crippen LogP contribution >= 0.6 is 34.8 Å². The molecule has 0 saturated heterocycles. The molecule has 166 valence electrons. The Balaban J connectivity index is 1.50. The van der Waals surface area contributed by atoms with E-state index in [-0.39, 0.29) is 51.5 Å². The molecule has 1 aliphatic carbocycles. The molecule has 0 aliphatic heterocycles. The van der Waals surface area contributed by atoms with Crippen molar-refractivity contribution in [3.63, 3.8) is 0 Å². The first-order valence-electron chi connectivity index (χ1n) is 9.36. The minimum absolute atomic E-state index is 0.0212. The summed E-state index contributed by atoms with van der Waals surface area (Å²) in [5, 5.41) is 13.6. The van der Waals surface area contributed by atoms with E-state index in [0.717, 1.165) is 28.6 Å². The van der Waals surface area contributed by atoms with E-state index in [2.05, 4.69) is 15.1 Å². The number of aromatic nitrogens is 4. The molecule has 6 nitrogen and oxygen atoms in total. The monoisotopic (exact) mass is 502 g/mol. The van der Waals surface area contributed by atoms with Gasteiger partial charge in [-0.2, -0.15) is 18.2 Å². The molecular weight excluding hydrogens is 492 g/mol. The van der Waals surface area contributed by atoms with E-state index < -0.39 is 11.7 Å². The topological polar surface area (TPSA) is 76.5 Å². The first-order valence-corrected chi connectivity index (χ1v) is 10.5. The second kappa shape index (κ2) is 7.62. The van der Waals surface area contributed by atoms with Crippen molar-refractivity contribution >= 4 is 40.4 Å². The standard InChI is InChI=1S/C20H12Cl3F3N4O2/c21-13-4-9(20(24,25)26)5-30-6-14(27-18(13)30)19-28-17(29-32-19)11-2-1-10(15(22)16(11)23)12-3-8(12)7-31/h1-2,4-6,8,12,31H,3,7H2. The van der Waals surface area contributed by atoms with Gasteiger partial charge in [0.1, 0.15) is 5.69 Å². The lowest BCUT2D eigenvalue weighted by Gasteiger charge is -2.08. The smallest absolute Gasteiger partial charge is 0.396 e. The number of halogens is 6. The van der Waals surface area contributed by atoms with E-state index in [0.29, 0.717) is 10.6 Å². The van der Waals surface area contributed by atoms with Crippen molar-refractivity contribution in [2.75, 3.05) is 6.61 Å². The number of imidazole rings is 1. The zero-order valence-corrected chi connectivity index (χ0v) is 18.1. The molecule has 3 aromatic heterocycles. The van der Waals surface area contributed by atoms with Crippen LogP contribution in [0.2, 0.25) is 15.1 Å². The molecule has 0 radical (unpaired) electrons. The Morgan fingerprint density at radius 3 is 2.59 bits per heavy atom. The van der Waals surface area contributed by atoms with Crippen molar-refractivity contribution in [2.24, 2.45) is 5.92 Å². The molecule has 5 rings (SSSR count). The highest BCUT2D eigenvalue weighted by Gasteiger charge is 2.39. The van der Waals surface area contributed by atoms with Crippen molar-refractivity contribution in [3.8, 4) is 23.0 Å². The maximum absolute atomic E-state index is 13.0. The summed E-state index contributed by atoms with van der Waals surface area (Å²) in [7, 11) is 0. The zero-order valence-electron chi connectivity index (χ0n) is 15.9. The fourth-order valence-corrected chi connectivity index (χ4v) is 4.42. The van der Waals surface area contributed by atoms with Crippen LogP contribution in [-0.2, 0) is 6.18 Å². The predicted molar refractivity (Wildman–Crippen MR) is 112 cm³/mol. The summed E-state index contributed by atoms with van der Waals surface area (Å²) in [4.78, 5) is 8.47. The minimum Gasteiger partial charge on any atom is -0.396 e. The summed E-state index contributed by atoms with van der Waals surface area (Å²) in [6.07, 6.45) is -1.53. The summed E-state index contributed by atoms with van der Waals surface area (Å²) in [6.45, 7) is 0.0854. The van der Waals surface area contributed by atoms with Crippen LogP contribution in [0.3, 0.4) is 0 Å². The highest BCUT2D eigenvalue weighted by molar-refractivity contribution is 6.44. The predicted octanol–water partition coefficient (Wildman–Crippen LogP) is 6.13. The average Bonchev–Trinajstić information content (AvgIpc) is 3.14. The molecule has 0 amide bonds. The fourth-order valence-electron chi connectivity index (χ4n) is 3.61. The van der Waals surface area contributed by atoms with E-state index in [9.17, 15) is 18.3 Å². The van der Waals surface area contributed by atoms with Gasteiger partial charge in [0.25, 0.3) is 5.89 Å². The van der Waals surface area contributed by atoms with Crippen molar-refractivity contribution in [1.82, 2.24) is 19.5 Å². The number of aliphatic hydroxyl groups is 1. The number of hydrogen-bond acceptors (Lipinski definition) is 5. The van der Waals surface area contributed by atoms with Crippen LogP contribution < -0.4 is 0 Å². The number of alkyl halides is 3. The summed E-state index contributed by atoms with van der Waals surface area (Å²) in [6, 6.07) is 4.32. The van der Waals surface area contributed by atoms with Crippen LogP contribution in [0.4, 0.5) is 13.2 Å². The van der Waals surface area contributed by atoms with E-state index in [4.69, 9.17) is 39.3 Å². The normalized spacial score (nSPS) is 18.5. The molecule has 0 bridgehead atoms. The highest BCUT2D eigenvalue weighted by atomic mass is 35.5. The highest BCUT2D eigenvalue weighted by Crippen LogP contribution is 2.51. The van der Waals surface area contributed by atoms with Gasteiger partial charge in [-0.05, 0) is 36.0 Å². The van der Waals surface area contributed by atoms with Crippen LogP contribution in [-0.4, -0.2) is 31.2 Å². The van der Waals surface area contributed by atoms with Crippen LogP contribution in [0.5, 0.6) is 0 Å². The molecule has 2 unspecified atom stereocenters. The van der Waals surface area contributed by atoms with E-state index in [1.165, 1.54) is 6.20 Å². The lowest BCUT2D eigenvalue weighted by Crippen LogP contribution is -2.06. The maximum Gasteiger partial charge on any atom is 0.417 e. The number of fused-ring (bicyclic) bond motifs is 1. The molecule has 0 spiro atoms. The largest absolute Gasteiger partial charge is 0.417 e. The van der Waals surface area contributed by atoms with Gasteiger partial charge in [0.2, 0.25) is 5.82 Å². The van der Waals surface area contributed by atoms with E-state index in [1.807, 2.05) is 6.07 Å². The number of benzene rings is 1. The first-order chi connectivity index (χ1) is 15.2. The van der Waals surface area contributed by atoms with E-state index in [1.54, 1.807) is 6.07 Å². The van der Waals surface area contributed by atoms with Crippen molar-refractivity contribution in [3.05, 3.63) is 56.8 Å². The maximum atomic E-state index is 13.0. The molecule has 12 heteroatoms. The average molecular weight is 504 g/mol. The Morgan fingerprint density at radius 2 is 1.91 bits per heavy atom. The number of nitrogens with zero attached hydrogens (tertiary/aromatic N) is 4. The molecule has 1 saturated carbocycles. The van der Waals surface area contributed by atoms with Gasteiger partial charge in [0.05, 0.1) is 20.6 Å². The van der Waals surface area contributed by atoms with Crippen molar-refractivity contribution < 1.29 is 22.8 Å². The Kier molecular flexibility index (Phi) is 5.12. The molecule has 1 aliphatic rings. The van der Waals surface area contributed by atoms with Gasteiger partial charge in [-0.3, -0.25) is 0 Å². The zero-order chi connectivity index (χ0) is 22.8. The minimum atomic E-state index is -4.56. The van der Waals surface area contributed by atoms with Gasteiger partial charge in [0, 0.05) is 24.6 Å². The quantitative estimate of drug-likeness (QED) is 0.363. The number of aliphatic hydroxyl groups excluding tert-OH is 1. The van der Waals surface area contributed by atoms with Gasteiger partial charge in [-0.25, -0.2) is 4.98 Å². The second-order valence-corrected chi connectivity index (χ2v) is 8.63. The third kappa shape index (κ3) is 3.63. The summed E-state index contributed by atoms with van der Waals surface area (Å²) < 4.78 is 45.5. The Hall–Kier alpha value is -2.33. The molecular formula is C20H12Cl3F3N4O2. The van der Waals surface area contributed by atoms with E-state index >= 15 is 0 Å². The van der Waals surface area contributed by atoms with Crippen LogP contribution in [0.25, 0.3) is 28.6 Å². The van der Waals surface area contributed by atoms with Gasteiger partial charge >= 0.3 is 6.18 Å². The summed E-state index contributed by atoms with van der Waals surface area (Å²) in [5.41, 5.74) is 0.623. The molecule has 1 fully saturated rings. The van der Waals surface area contributed by atoms with Gasteiger partial charge in [-0.15, -0.1) is 0 Å².